The molecule has 12 heteroatoms. The highest BCUT2D eigenvalue weighted by molar-refractivity contribution is 6.37. The SMILES string of the molecule is C/C=C(/C(C)=N)c1c(Cl)ccc2c(CCCOc3cc(C)c(Cl)c(C)c3)c3n(c12)[C@H](C)CN(c1cc(OCCOC)cc2cc(C(=O)O)n(C)c12)C3=O.CC.CC.CC.CC. The van der Waals surface area contributed by atoms with Crippen LogP contribution in [-0.2, 0) is 18.2 Å². The van der Waals surface area contributed by atoms with Crippen molar-refractivity contribution in [2.24, 2.45) is 7.05 Å². The summed E-state index contributed by atoms with van der Waals surface area (Å²) in [6.07, 6.45) is 3.02. The highest BCUT2D eigenvalue weighted by Gasteiger charge is 2.37. The van der Waals surface area contributed by atoms with Gasteiger partial charge in [-0.2, -0.15) is 0 Å². The molecule has 1 amide bonds. The topological polar surface area (TPSA) is 119 Å². The lowest BCUT2D eigenvalue weighted by molar-refractivity contribution is 0.0687. The standard InChI is InChI=1S/C41H44Cl2N4O6.4C2H6/c1-8-29(25(5)44)35-32(42)12-11-31-30(10-9-13-52-27-16-22(2)36(43)23(3)17-27)39-40(48)46(21-24(4)47(39)38(31)35)33-20-28(53-15-14-51-7)18-26-19-34(41(49)50)45(6)37(26)33;4*1-2/h8,11-12,16-20,24,44H,9-10,13-15,21H2,1-7H3,(H,49,50);4*1-2H3/b29-8-,44-25?;;;;/t24-;;;;/m1..../s1. The number of carboxylic acids is 1. The van der Waals surface area contributed by atoms with Crippen LogP contribution in [0.1, 0.15) is 132 Å². The summed E-state index contributed by atoms with van der Waals surface area (Å²) in [4.78, 5) is 29.1. The third-order valence-corrected chi connectivity index (χ3v) is 10.8. The monoisotopic (exact) mass is 878 g/mol. The number of aryl methyl sites for hydroxylation is 4. The molecule has 1 aliphatic rings. The van der Waals surface area contributed by atoms with Crippen LogP contribution in [0.2, 0.25) is 10.0 Å². The van der Waals surface area contributed by atoms with Gasteiger partial charge in [-0.05, 0) is 94.5 Å². The first kappa shape index (κ1) is 52.4. The van der Waals surface area contributed by atoms with E-state index in [0.29, 0.717) is 82.5 Å². The van der Waals surface area contributed by atoms with Crippen molar-refractivity contribution in [2.45, 2.75) is 109 Å². The van der Waals surface area contributed by atoms with Gasteiger partial charge in [0.2, 0.25) is 0 Å². The van der Waals surface area contributed by atoms with E-state index in [0.717, 1.165) is 38.4 Å². The number of allylic oxidation sites excluding steroid dienone is 2. The van der Waals surface area contributed by atoms with Gasteiger partial charge < -0.3 is 38.8 Å². The summed E-state index contributed by atoms with van der Waals surface area (Å²) < 4.78 is 21.1. The lowest BCUT2D eigenvalue weighted by Gasteiger charge is -2.35. The molecule has 2 N–H and O–H groups in total. The number of nitrogens with zero attached hydrogens (tertiary/aromatic N) is 3. The quantitative estimate of drug-likeness (QED) is 0.0898. The molecule has 0 saturated heterocycles. The molecule has 1 aliphatic heterocycles. The highest BCUT2D eigenvalue weighted by Crippen LogP contribution is 2.44. The van der Waals surface area contributed by atoms with Crippen LogP contribution < -0.4 is 14.4 Å². The summed E-state index contributed by atoms with van der Waals surface area (Å²) in [5.41, 5.74) is 7.07. The zero-order chi connectivity index (χ0) is 46.3. The third kappa shape index (κ3) is 11.2. The van der Waals surface area contributed by atoms with Gasteiger partial charge in [-0.15, -0.1) is 0 Å². The van der Waals surface area contributed by atoms with Gasteiger partial charge in [-0.1, -0.05) is 90.7 Å². The van der Waals surface area contributed by atoms with Crippen molar-refractivity contribution in [3.8, 4) is 11.5 Å². The Morgan fingerprint density at radius 1 is 0.902 bits per heavy atom. The summed E-state index contributed by atoms with van der Waals surface area (Å²) in [5, 5.41) is 21.4. The molecule has 3 aromatic carbocycles. The molecule has 0 saturated carbocycles. The fourth-order valence-corrected chi connectivity index (χ4v) is 7.92. The molecule has 0 unspecified atom stereocenters. The molecule has 0 fully saturated rings. The van der Waals surface area contributed by atoms with Gasteiger partial charge >= 0.3 is 5.97 Å². The Kier molecular flexibility index (Phi) is 21.1. The van der Waals surface area contributed by atoms with E-state index in [1.165, 1.54) is 0 Å². The number of methoxy groups -OCH3 is 1. The van der Waals surface area contributed by atoms with E-state index in [-0.39, 0.29) is 24.2 Å². The number of carboxylic acid groups (broad SMARTS) is 1. The molecule has 6 rings (SSSR count). The largest absolute Gasteiger partial charge is 0.494 e. The smallest absolute Gasteiger partial charge is 0.352 e. The van der Waals surface area contributed by atoms with Crippen molar-refractivity contribution in [1.82, 2.24) is 9.13 Å². The van der Waals surface area contributed by atoms with Crippen LogP contribution in [0, 0.1) is 19.3 Å². The summed E-state index contributed by atoms with van der Waals surface area (Å²) in [6.45, 7) is 26.9. The number of halogens is 2. The number of hydrogen-bond acceptors (Lipinski definition) is 6. The van der Waals surface area contributed by atoms with Crippen LogP contribution >= 0.6 is 23.2 Å². The first-order valence-electron chi connectivity index (χ1n) is 21.6. The zero-order valence-electron chi connectivity index (χ0n) is 39.0. The number of fused-ring (bicyclic) bond motifs is 4. The average Bonchev–Trinajstić information content (AvgIpc) is 3.78. The fourth-order valence-electron chi connectivity index (χ4n) is 7.56. The van der Waals surface area contributed by atoms with Gasteiger partial charge in [-0.25, -0.2) is 4.79 Å². The zero-order valence-corrected chi connectivity index (χ0v) is 40.5. The van der Waals surface area contributed by atoms with Crippen LogP contribution in [0.3, 0.4) is 0 Å². The number of aromatic nitrogens is 2. The Morgan fingerprint density at radius 3 is 2.05 bits per heavy atom. The van der Waals surface area contributed by atoms with E-state index in [4.69, 9.17) is 42.8 Å². The Balaban J connectivity index is 0.00000151. The molecule has 3 heterocycles. The van der Waals surface area contributed by atoms with Gasteiger partial charge in [0.05, 0.1) is 35.0 Å². The molecule has 0 radical (unpaired) electrons. The lowest BCUT2D eigenvalue weighted by atomic mass is 9.97. The average molecular weight is 880 g/mol. The molecule has 5 aromatic rings. The number of anilines is 1. The highest BCUT2D eigenvalue weighted by atomic mass is 35.5. The van der Waals surface area contributed by atoms with Crippen molar-refractivity contribution >= 4 is 73.9 Å². The summed E-state index contributed by atoms with van der Waals surface area (Å²) in [7, 11) is 3.28. The van der Waals surface area contributed by atoms with Crippen LogP contribution in [-0.4, -0.2) is 65.3 Å². The van der Waals surface area contributed by atoms with Gasteiger partial charge in [0.25, 0.3) is 5.91 Å². The molecule has 10 nitrogen and oxygen atoms in total. The van der Waals surface area contributed by atoms with Crippen LogP contribution in [0.25, 0.3) is 27.4 Å². The first-order chi connectivity index (χ1) is 29.3. The number of ether oxygens (including phenoxy) is 3. The molecular weight excluding hydrogens is 811 g/mol. The van der Waals surface area contributed by atoms with Gasteiger partial charge in [0, 0.05) is 65.5 Å². The normalized spacial score (nSPS) is 13.1. The minimum absolute atomic E-state index is 0.0915. The lowest BCUT2D eigenvalue weighted by Crippen LogP contribution is -2.43. The molecule has 0 spiro atoms. The molecule has 1 atom stereocenters. The maximum Gasteiger partial charge on any atom is 0.352 e. The Hall–Kier alpha value is -4.77. The number of amides is 1. The Morgan fingerprint density at radius 2 is 1.49 bits per heavy atom. The van der Waals surface area contributed by atoms with Crippen molar-refractivity contribution in [1.29, 1.82) is 5.41 Å². The van der Waals surface area contributed by atoms with Crippen LogP contribution in [0.4, 0.5) is 5.69 Å². The third-order valence-electron chi connectivity index (χ3n) is 9.91. The summed E-state index contributed by atoms with van der Waals surface area (Å²) >= 11 is 13.3. The molecule has 61 heavy (non-hydrogen) atoms. The molecule has 0 bridgehead atoms. The maximum absolute atomic E-state index is 15.1. The van der Waals surface area contributed by atoms with Gasteiger partial charge in [-0.3, -0.25) is 4.79 Å². The fraction of sp³-hybridized carbons (Fsp3) is 0.449. The van der Waals surface area contributed by atoms with E-state index < -0.39 is 5.97 Å². The molecule has 334 valence electrons. The van der Waals surface area contributed by atoms with Crippen molar-refractivity contribution in [3.05, 3.63) is 92.2 Å². The summed E-state index contributed by atoms with van der Waals surface area (Å²) in [5.74, 6) is -0.0773. The predicted octanol–water partition coefficient (Wildman–Crippen LogP) is 13.6. The number of carbonyl (C=O) groups is 2. The number of aromatic carboxylic acids is 1. The van der Waals surface area contributed by atoms with E-state index in [1.807, 2.05) is 107 Å². The molecule has 0 aliphatic carbocycles. The Labute approximate surface area is 373 Å². The minimum Gasteiger partial charge on any atom is -0.494 e. The van der Waals surface area contributed by atoms with E-state index in [2.05, 4.69) is 11.5 Å². The maximum atomic E-state index is 15.1. The molecular formula is C49H68Cl2N4O6. The number of carbonyl (C=O) groups excluding carboxylic acids is 1. The second kappa shape index (κ2) is 24.6. The number of rotatable bonds is 13. The number of benzene rings is 3. The summed E-state index contributed by atoms with van der Waals surface area (Å²) in [6, 6.07) is 12.6. The first-order valence-corrected chi connectivity index (χ1v) is 22.3. The van der Waals surface area contributed by atoms with Crippen LogP contribution in [0.5, 0.6) is 11.5 Å². The van der Waals surface area contributed by atoms with Crippen molar-refractivity contribution < 1.29 is 28.9 Å². The van der Waals surface area contributed by atoms with E-state index in [9.17, 15) is 9.90 Å². The van der Waals surface area contributed by atoms with Crippen molar-refractivity contribution in [2.75, 3.05) is 38.4 Å². The number of hydrogen-bond donors (Lipinski definition) is 2. The van der Waals surface area contributed by atoms with E-state index in [1.54, 1.807) is 48.7 Å². The van der Waals surface area contributed by atoms with Crippen LogP contribution in [0.15, 0.2) is 48.5 Å². The minimum atomic E-state index is -1.07. The van der Waals surface area contributed by atoms with Gasteiger partial charge in [0.1, 0.15) is 29.5 Å². The predicted molar refractivity (Wildman–Crippen MR) is 258 cm³/mol. The van der Waals surface area contributed by atoms with E-state index >= 15 is 4.79 Å². The number of nitrogens with one attached hydrogen (secondary N) is 1. The van der Waals surface area contributed by atoms with Gasteiger partial charge in [0.15, 0.2) is 0 Å². The second-order valence-electron chi connectivity index (χ2n) is 13.5. The van der Waals surface area contributed by atoms with Crippen molar-refractivity contribution in [3.63, 3.8) is 0 Å². The molecule has 2 aromatic heterocycles. The Bertz CT molecular complexity index is 2300. The second-order valence-corrected chi connectivity index (χ2v) is 14.3.